The molecule has 0 saturated carbocycles. The van der Waals surface area contributed by atoms with Gasteiger partial charge >= 0.3 is 0 Å². The molecule has 1 fully saturated rings. The molecule has 1 heterocycles. The molecule has 1 N–H and O–H groups in total. The number of aryl methyl sites for hydroxylation is 1. The zero-order valence-corrected chi connectivity index (χ0v) is 19.8. The Morgan fingerprint density at radius 3 is 2.06 bits per heavy atom. The summed E-state index contributed by atoms with van der Waals surface area (Å²) in [7, 11) is -4.28. The van der Waals surface area contributed by atoms with Gasteiger partial charge < -0.3 is 4.90 Å². The smallest absolute Gasteiger partial charge is 0.268 e. The minimum Gasteiger partial charge on any atom is -0.367 e. The number of unbranched alkanes of at least 4 members (excludes halogenated alkanes) is 1. The van der Waals surface area contributed by atoms with E-state index in [1.54, 1.807) is 35.2 Å². The van der Waals surface area contributed by atoms with Gasteiger partial charge in [-0.1, -0.05) is 62.6 Å². The molecule has 1 aliphatic heterocycles. The normalized spacial score (nSPS) is 17.1. The number of Topliss-reactive ketones (excluding diaryl/α,β-unsaturated/α-hetero) is 2. The Morgan fingerprint density at radius 2 is 1.45 bits per heavy atom. The standard InChI is InChI=1S/C26H30N2O4S/c1-2-3-10-19-13-15-20(16-14-19)27-33(31,32)26-23(28-17-8-4-5-9-18-28)24(29)21-11-6-7-12-22(21)25(26)30/h6-7,11-16,27H,2-5,8-10,17-18H2,1H3. The average molecular weight is 467 g/mol. The largest absolute Gasteiger partial charge is 0.367 e. The fraction of sp³-hybridized carbons (Fsp3) is 0.385. The summed E-state index contributed by atoms with van der Waals surface area (Å²) in [6.45, 7) is 3.24. The second-order valence-electron chi connectivity index (χ2n) is 8.69. The zero-order chi connectivity index (χ0) is 23.4. The lowest BCUT2D eigenvalue weighted by molar-refractivity contribution is 0.0947. The van der Waals surface area contributed by atoms with Gasteiger partial charge in [-0.05, 0) is 43.4 Å². The van der Waals surface area contributed by atoms with Crippen LogP contribution in [0.2, 0.25) is 0 Å². The Kier molecular flexibility index (Phi) is 6.98. The van der Waals surface area contributed by atoms with Crippen molar-refractivity contribution < 1.29 is 18.0 Å². The predicted octanol–water partition coefficient (Wildman–Crippen LogP) is 4.94. The molecule has 0 spiro atoms. The fourth-order valence-electron chi connectivity index (χ4n) is 4.50. The van der Waals surface area contributed by atoms with E-state index in [0.717, 1.165) is 50.5 Å². The van der Waals surface area contributed by atoms with E-state index in [4.69, 9.17) is 0 Å². The molecule has 0 bridgehead atoms. The van der Waals surface area contributed by atoms with E-state index in [9.17, 15) is 18.0 Å². The highest BCUT2D eigenvalue weighted by Crippen LogP contribution is 2.33. The summed E-state index contributed by atoms with van der Waals surface area (Å²) in [5.74, 6) is -1.03. The number of carbonyl (C=O) groups excluding carboxylic acids is 2. The first-order valence-corrected chi connectivity index (χ1v) is 13.2. The lowest BCUT2D eigenvalue weighted by atomic mass is 9.91. The van der Waals surface area contributed by atoms with Crippen LogP contribution in [0.25, 0.3) is 0 Å². The SMILES string of the molecule is CCCCc1ccc(NS(=O)(=O)C2=C(N3CCCCCC3)C(=O)c3ccccc3C2=O)cc1. The number of sulfonamides is 1. The molecule has 6 nitrogen and oxygen atoms in total. The van der Waals surface area contributed by atoms with Crippen LogP contribution < -0.4 is 4.72 Å². The van der Waals surface area contributed by atoms with Crippen molar-refractivity contribution in [3.05, 3.63) is 75.8 Å². The molecule has 2 aliphatic rings. The maximum absolute atomic E-state index is 13.5. The summed E-state index contributed by atoms with van der Waals surface area (Å²) in [6, 6.07) is 13.7. The van der Waals surface area contributed by atoms with Gasteiger partial charge in [0.15, 0.2) is 4.91 Å². The third-order valence-corrected chi connectivity index (χ3v) is 7.69. The third-order valence-electron chi connectivity index (χ3n) is 6.27. The molecule has 4 rings (SSSR count). The number of likely N-dealkylation sites (tertiary alicyclic amines) is 1. The molecule has 0 atom stereocenters. The van der Waals surface area contributed by atoms with E-state index in [2.05, 4.69) is 11.6 Å². The molecule has 33 heavy (non-hydrogen) atoms. The first-order chi connectivity index (χ1) is 15.9. The molecule has 1 saturated heterocycles. The molecule has 0 radical (unpaired) electrons. The first kappa shape index (κ1) is 23.2. The van der Waals surface area contributed by atoms with E-state index >= 15 is 0 Å². The Labute approximate surface area is 195 Å². The second kappa shape index (κ2) is 9.91. The summed E-state index contributed by atoms with van der Waals surface area (Å²) in [4.78, 5) is 28.3. The van der Waals surface area contributed by atoms with Crippen LogP contribution in [0, 0.1) is 0 Å². The molecule has 2 aromatic carbocycles. The Balaban J connectivity index is 1.75. The van der Waals surface area contributed by atoms with E-state index in [-0.39, 0.29) is 16.8 Å². The Bertz CT molecular complexity index is 1180. The van der Waals surface area contributed by atoms with Crippen molar-refractivity contribution in [1.29, 1.82) is 0 Å². The number of allylic oxidation sites excluding steroid dienone is 2. The molecule has 1 aliphatic carbocycles. The van der Waals surface area contributed by atoms with Crippen LogP contribution in [0.15, 0.2) is 59.1 Å². The van der Waals surface area contributed by atoms with Crippen molar-refractivity contribution in [2.75, 3.05) is 17.8 Å². The molecule has 0 aromatic heterocycles. The summed E-state index contributed by atoms with van der Waals surface area (Å²) >= 11 is 0. The number of rotatable bonds is 7. The van der Waals surface area contributed by atoms with Gasteiger partial charge in [-0.3, -0.25) is 14.3 Å². The number of nitrogens with one attached hydrogen (secondary N) is 1. The maximum atomic E-state index is 13.5. The van der Waals surface area contributed by atoms with Crippen molar-refractivity contribution >= 4 is 27.3 Å². The topological polar surface area (TPSA) is 83.6 Å². The monoisotopic (exact) mass is 466 g/mol. The van der Waals surface area contributed by atoms with Crippen molar-refractivity contribution in [2.45, 2.75) is 51.9 Å². The lowest BCUT2D eigenvalue weighted by Gasteiger charge is -2.30. The van der Waals surface area contributed by atoms with Crippen LogP contribution in [0.5, 0.6) is 0 Å². The number of anilines is 1. The van der Waals surface area contributed by atoms with Gasteiger partial charge in [0.25, 0.3) is 10.0 Å². The number of ketones is 2. The zero-order valence-electron chi connectivity index (χ0n) is 19.0. The van der Waals surface area contributed by atoms with Crippen molar-refractivity contribution in [3.8, 4) is 0 Å². The molecule has 7 heteroatoms. The summed E-state index contributed by atoms with van der Waals surface area (Å²) in [5, 5.41) is 0. The number of benzene rings is 2. The van der Waals surface area contributed by atoms with Gasteiger partial charge in [-0.25, -0.2) is 8.42 Å². The molecule has 2 aromatic rings. The Hall–Kier alpha value is -2.93. The molecule has 0 amide bonds. The van der Waals surface area contributed by atoms with Crippen LogP contribution in [0.1, 0.15) is 71.7 Å². The first-order valence-electron chi connectivity index (χ1n) is 11.7. The van der Waals surface area contributed by atoms with Gasteiger partial charge in [0, 0.05) is 29.9 Å². The number of fused-ring (bicyclic) bond motifs is 1. The number of carbonyl (C=O) groups is 2. The van der Waals surface area contributed by atoms with Crippen LogP contribution in [0.4, 0.5) is 5.69 Å². The van der Waals surface area contributed by atoms with Gasteiger partial charge in [0.05, 0.1) is 0 Å². The number of nitrogens with zero attached hydrogens (tertiary/aromatic N) is 1. The minimum absolute atomic E-state index is 0.00710. The van der Waals surface area contributed by atoms with Gasteiger partial charge in [-0.15, -0.1) is 0 Å². The van der Waals surface area contributed by atoms with Crippen LogP contribution in [-0.2, 0) is 16.4 Å². The van der Waals surface area contributed by atoms with E-state index in [1.807, 2.05) is 12.1 Å². The van der Waals surface area contributed by atoms with Crippen LogP contribution in [-0.4, -0.2) is 38.0 Å². The maximum Gasteiger partial charge on any atom is 0.268 e. The van der Waals surface area contributed by atoms with Gasteiger partial charge in [0.1, 0.15) is 5.70 Å². The molecular weight excluding hydrogens is 436 g/mol. The number of hydrogen-bond acceptors (Lipinski definition) is 5. The second-order valence-corrected chi connectivity index (χ2v) is 10.3. The van der Waals surface area contributed by atoms with Crippen molar-refractivity contribution in [1.82, 2.24) is 4.90 Å². The number of hydrogen-bond donors (Lipinski definition) is 1. The highest BCUT2D eigenvalue weighted by Gasteiger charge is 2.41. The predicted molar refractivity (Wildman–Crippen MR) is 130 cm³/mol. The van der Waals surface area contributed by atoms with Crippen molar-refractivity contribution in [3.63, 3.8) is 0 Å². The van der Waals surface area contributed by atoms with E-state index < -0.39 is 26.5 Å². The van der Waals surface area contributed by atoms with E-state index in [0.29, 0.717) is 18.8 Å². The summed E-state index contributed by atoms with van der Waals surface area (Å²) < 4.78 is 29.6. The van der Waals surface area contributed by atoms with Gasteiger partial charge in [-0.2, -0.15) is 0 Å². The van der Waals surface area contributed by atoms with Crippen LogP contribution in [0.3, 0.4) is 0 Å². The quantitative estimate of drug-likeness (QED) is 0.625. The minimum atomic E-state index is -4.28. The van der Waals surface area contributed by atoms with Gasteiger partial charge in [0.2, 0.25) is 11.6 Å². The van der Waals surface area contributed by atoms with Crippen LogP contribution >= 0.6 is 0 Å². The lowest BCUT2D eigenvalue weighted by Crippen LogP contribution is -2.38. The van der Waals surface area contributed by atoms with E-state index in [1.165, 1.54) is 6.07 Å². The highest BCUT2D eigenvalue weighted by atomic mass is 32.2. The summed E-state index contributed by atoms with van der Waals surface area (Å²) in [6.07, 6.45) is 6.82. The van der Waals surface area contributed by atoms with Crippen molar-refractivity contribution in [2.24, 2.45) is 0 Å². The molecule has 174 valence electrons. The fourth-order valence-corrected chi connectivity index (χ4v) is 5.88. The molecular formula is C26H30N2O4S. The Morgan fingerprint density at radius 1 is 0.848 bits per heavy atom. The summed E-state index contributed by atoms with van der Waals surface area (Å²) in [5.41, 5.74) is 1.91. The third kappa shape index (κ3) is 4.88. The molecule has 0 unspecified atom stereocenters. The highest BCUT2D eigenvalue weighted by molar-refractivity contribution is 7.97. The average Bonchev–Trinajstić information content (AvgIpc) is 3.10.